The molecule has 0 N–H and O–H groups in total. The Morgan fingerprint density at radius 2 is 0.870 bits per heavy atom. The molecule has 1 aromatic rings. The van der Waals surface area contributed by atoms with Crippen LogP contribution in [0.1, 0.15) is 115 Å². The molecule has 23 heavy (non-hydrogen) atoms. The molecule has 0 aliphatic carbocycles. The van der Waals surface area contributed by atoms with Gasteiger partial charge in [0.15, 0.2) is 0 Å². The highest BCUT2D eigenvalue weighted by atomic mass is 32.1. The third-order valence-electron chi connectivity index (χ3n) is 4.93. The zero-order valence-corrected chi connectivity index (χ0v) is 16.7. The summed E-state index contributed by atoms with van der Waals surface area (Å²) < 4.78 is 0. The van der Waals surface area contributed by atoms with Crippen LogP contribution < -0.4 is 0 Å². The Bertz CT molecular complexity index is 353. The lowest BCUT2D eigenvalue weighted by Crippen LogP contribution is -1.92. The lowest BCUT2D eigenvalue weighted by atomic mass is 10.00. The lowest BCUT2D eigenvalue weighted by molar-refractivity contribution is 0.564. The second kappa shape index (κ2) is 15.2. The highest BCUT2D eigenvalue weighted by molar-refractivity contribution is 7.08. The van der Waals surface area contributed by atoms with Gasteiger partial charge < -0.3 is 0 Å². The first-order valence-corrected chi connectivity index (χ1v) is 11.4. The van der Waals surface area contributed by atoms with Gasteiger partial charge in [-0.05, 0) is 47.6 Å². The minimum Gasteiger partial charge on any atom is -0.152 e. The van der Waals surface area contributed by atoms with E-state index in [2.05, 4.69) is 24.6 Å². The van der Waals surface area contributed by atoms with Crippen LogP contribution in [0.3, 0.4) is 0 Å². The summed E-state index contributed by atoms with van der Waals surface area (Å²) in [5, 5.41) is 4.81. The summed E-state index contributed by atoms with van der Waals surface area (Å²) in [6, 6.07) is 0. The van der Waals surface area contributed by atoms with Crippen LogP contribution in [0.15, 0.2) is 10.8 Å². The largest absolute Gasteiger partial charge is 0.152 e. The lowest BCUT2D eigenvalue weighted by Gasteiger charge is -2.05. The summed E-state index contributed by atoms with van der Waals surface area (Å²) in [4.78, 5) is 0. The molecule has 0 aromatic carbocycles. The zero-order valence-electron chi connectivity index (χ0n) is 15.9. The van der Waals surface area contributed by atoms with Gasteiger partial charge in [0.2, 0.25) is 0 Å². The third kappa shape index (κ3) is 11.0. The number of hydrogen-bond donors (Lipinski definition) is 0. The van der Waals surface area contributed by atoms with E-state index < -0.39 is 0 Å². The van der Waals surface area contributed by atoms with Crippen LogP contribution in [-0.2, 0) is 12.8 Å². The maximum absolute atomic E-state index is 2.41. The van der Waals surface area contributed by atoms with E-state index >= 15 is 0 Å². The van der Waals surface area contributed by atoms with Crippen LogP contribution >= 0.6 is 11.3 Å². The predicted molar refractivity (Wildman–Crippen MR) is 108 cm³/mol. The van der Waals surface area contributed by atoms with Crippen LogP contribution in [0, 0.1) is 0 Å². The molecule has 0 fully saturated rings. The van der Waals surface area contributed by atoms with Crippen molar-refractivity contribution in [2.75, 3.05) is 0 Å². The quantitative estimate of drug-likeness (QED) is 0.266. The molecule has 0 saturated heterocycles. The second-order valence-electron chi connectivity index (χ2n) is 7.16. The second-order valence-corrected chi connectivity index (χ2v) is 7.91. The molecule has 134 valence electrons. The Morgan fingerprint density at radius 3 is 1.26 bits per heavy atom. The van der Waals surface area contributed by atoms with Crippen LogP contribution in [0.4, 0.5) is 0 Å². The molecule has 0 radical (unpaired) electrons. The zero-order chi connectivity index (χ0) is 16.6. The summed E-state index contributed by atoms with van der Waals surface area (Å²) in [6.45, 7) is 4.59. The molecule has 0 unspecified atom stereocenters. The Labute approximate surface area is 150 Å². The van der Waals surface area contributed by atoms with Crippen LogP contribution in [0.25, 0.3) is 0 Å². The smallest absolute Gasteiger partial charge is 0.00584 e. The topological polar surface area (TPSA) is 0 Å². The van der Waals surface area contributed by atoms with Gasteiger partial charge >= 0.3 is 0 Å². The van der Waals surface area contributed by atoms with E-state index in [1.54, 1.807) is 11.1 Å². The minimum atomic E-state index is 1.32. The normalized spacial score (nSPS) is 11.2. The molecule has 0 bridgehead atoms. The van der Waals surface area contributed by atoms with E-state index in [-0.39, 0.29) is 0 Å². The van der Waals surface area contributed by atoms with Crippen LogP contribution in [0.2, 0.25) is 0 Å². The summed E-state index contributed by atoms with van der Waals surface area (Å²) >= 11 is 1.91. The molecule has 0 aliphatic heterocycles. The monoisotopic (exact) mass is 336 g/mol. The van der Waals surface area contributed by atoms with Crippen molar-refractivity contribution in [2.24, 2.45) is 0 Å². The average molecular weight is 337 g/mol. The van der Waals surface area contributed by atoms with Gasteiger partial charge in [0.1, 0.15) is 0 Å². The first kappa shape index (κ1) is 20.7. The molecule has 0 spiro atoms. The number of hydrogen-bond acceptors (Lipinski definition) is 1. The van der Waals surface area contributed by atoms with Crippen molar-refractivity contribution < 1.29 is 0 Å². The molecular weight excluding hydrogens is 296 g/mol. The molecule has 1 heterocycles. The summed E-state index contributed by atoms with van der Waals surface area (Å²) in [7, 11) is 0. The Hall–Kier alpha value is -0.300. The van der Waals surface area contributed by atoms with E-state index in [4.69, 9.17) is 0 Å². The van der Waals surface area contributed by atoms with E-state index in [0.717, 1.165) is 0 Å². The number of rotatable bonds is 16. The van der Waals surface area contributed by atoms with Crippen molar-refractivity contribution in [1.29, 1.82) is 0 Å². The number of thiophene rings is 1. The van der Waals surface area contributed by atoms with E-state index in [1.807, 2.05) is 11.3 Å². The van der Waals surface area contributed by atoms with Gasteiger partial charge in [-0.1, -0.05) is 90.9 Å². The molecule has 0 atom stereocenters. The van der Waals surface area contributed by atoms with E-state index in [9.17, 15) is 0 Å². The van der Waals surface area contributed by atoms with Crippen molar-refractivity contribution >= 4 is 11.3 Å². The fraction of sp³-hybridized carbons (Fsp3) is 0.818. The molecule has 0 amide bonds. The highest BCUT2D eigenvalue weighted by Crippen LogP contribution is 2.21. The van der Waals surface area contributed by atoms with Gasteiger partial charge in [-0.25, -0.2) is 0 Å². The third-order valence-corrected chi connectivity index (χ3v) is 5.77. The molecule has 1 aromatic heterocycles. The van der Waals surface area contributed by atoms with Gasteiger partial charge in [0, 0.05) is 0 Å². The summed E-state index contributed by atoms with van der Waals surface area (Å²) in [5.74, 6) is 0. The van der Waals surface area contributed by atoms with Gasteiger partial charge in [-0.15, -0.1) is 0 Å². The van der Waals surface area contributed by atoms with Gasteiger partial charge in [-0.2, -0.15) is 11.3 Å². The predicted octanol–water partition coefficient (Wildman–Crippen LogP) is 8.33. The number of aryl methyl sites for hydroxylation is 2. The molecule has 0 saturated carbocycles. The SMILES string of the molecule is CCCCCCCCCCCc1cscc1CCCCCCC. The van der Waals surface area contributed by atoms with E-state index in [0.29, 0.717) is 0 Å². The highest BCUT2D eigenvalue weighted by Gasteiger charge is 2.04. The minimum absolute atomic E-state index is 1.32. The van der Waals surface area contributed by atoms with Crippen molar-refractivity contribution in [3.8, 4) is 0 Å². The molecule has 1 heteroatoms. The van der Waals surface area contributed by atoms with Crippen molar-refractivity contribution in [2.45, 2.75) is 117 Å². The van der Waals surface area contributed by atoms with Crippen LogP contribution in [0.5, 0.6) is 0 Å². The Morgan fingerprint density at radius 1 is 0.522 bits per heavy atom. The maximum atomic E-state index is 2.41. The van der Waals surface area contributed by atoms with Crippen molar-refractivity contribution in [1.82, 2.24) is 0 Å². The van der Waals surface area contributed by atoms with Crippen LogP contribution in [-0.4, -0.2) is 0 Å². The Balaban J connectivity index is 2.01. The fourth-order valence-corrected chi connectivity index (χ4v) is 4.27. The molecule has 0 nitrogen and oxygen atoms in total. The molecular formula is C22H40S. The Kier molecular flexibility index (Phi) is 13.7. The summed E-state index contributed by atoms with van der Waals surface area (Å²) in [5.41, 5.74) is 3.32. The fourth-order valence-electron chi connectivity index (χ4n) is 3.33. The first-order valence-electron chi connectivity index (χ1n) is 10.4. The first-order chi connectivity index (χ1) is 11.4. The average Bonchev–Trinajstić information content (AvgIpc) is 3.00. The number of unbranched alkanes of at least 4 members (excludes halogenated alkanes) is 12. The maximum Gasteiger partial charge on any atom is -0.00584 e. The molecule has 0 aliphatic rings. The standard InChI is InChI=1S/C22H40S/c1-3-5-7-9-10-11-12-14-16-18-22-20-23-19-21(22)17-15-13-8-6-4-2/h19-20H,3-18H2,1-2H3. The van der Waals surface area contributed by atoms with E-state index in [1.165, 1.54) is 103 Å². The van der Waals surface area contributed by atoms with Gasteiger partial charge in [0.05, 0.1) is 0 Å². The summed E-state index contributed by atoms with van der Waals surface area (Å²) in [6.07, 6.45) is 22.5. The molecule has 1 rings (SSSR count). The van der Waals surface area contributed by atoms with Crippen molar-refractivity contribution in [3.05, 3.63) is 21.9 Å². The van der Waals surface area contributed by atoms with Crippen molar-refractivity contribution in [3.63, 3.8) is 0 Å². The van der Waals surface area contributed by atoms with Gasteiger partial charge in [-0.3, -0.25) is 0 Å². The van der Waals surface area contributed by atoms with Gasteiger partial charge in [0.25, 0.3) is 0 Å².